The number of rotatable bonds is 8. The molecule has 0 unspecified atom stereocenters. The van der Waals surface area contributed by atoms with Crippen LogP contribution in [0.4, 0.5) is 0 Å². The van der Waals surface area contributed by atoms with Crippen molar-refractivity contribution in [1.29, 1.82) is 0 Å². The molecule has 6 heteroatoms. The molecule has 0 radical (unpaired) electrons. The van der Waals surface area contributed by atoms with E-state index in [0.29, 0.717) is 5.75 Å². The molecule has 0 aliphatic rings. The zero-order valence-electron chi connectivity index (χ0n) is 18.4. The Morgan fingerprint density at radius 3 is 2.50 bits per heavy atom. The van der Waals surface area contributed by atoms with Crippen LogP contribution in [0.5, 0.6) is 17.2 Å². The Hall–Kier alpha value is -3.80. The molecule has 0 saturated heterocycles. The van der Waals surface area contributed by atoms with Crippen LogP contribution in [0.1, 0.15) is 44.0 Å². The number of aromatic hydroxyl groups is 1. The van der Waals surface area contributed by atoms with Gasteiger partial charge in [0.1, 0.15) is 23.3 Å². The van der Waals surface area contributed by atoms with E-state index in [1.165, 1.54) is 11.1 Å². The fourth-order valence-electron chi connectivity index (χ4n) is 3.09. The number of carbonyl (C=O) groups excluding carboxylic acids is 1. The van der Waals surface area contributed by atoms with Crippen molar-refractivity contribution < 1.29 is 23.8 Å². The highest BCUT2D eigenvalue weighted by Crippen LogP contribution is 2.38. The number of fused-ring (bicyclic) bond motifs is 1. The highest BCUT2D eigenvalue weighted by atomic mass is 16.5. The summed E-state index contributed by atoms with van der Waals surface area (Å²) in [5.41, 5.74) is 1.88. The smallest absolute Gasteiger partial charge is 0.382 e. The highest BCUT2D eigenvalue weighted by molar-refractivity contribution is 5.97. The fraction of sp³-hybridized carbons (Fsp3) is 0.231. The lowest BCUT2D eigenvalue weighted by Crippen LogP contribution is -2.11. The van der Waals surface area contributed by atoms with Crippen LogP contribution in [0.3, 0.4) is 0 Å². The molecule has 32 heavy (non-hydrogen) atoms. The lowest BCUT2D eigenvalue weighted by atomic mass is 10.1. The average molecular weight is 434 g/mol. The van der Waals surface area contributed by atoms with Gasteiger partial charge in [0.25, 0.3) is 0 Å². The van der Waals surface area contributed by atoms with Crippen LogP contribution in [-0.4, -0.2) is 17.7 Å². The summed E-state index contributed by atoms with van der Waals surface area (Å²) in [5.74, 6) is -1.46. The van der Waals surface area contributed by atoms with Gasteiger partial charge in [0, 0.05) is 0 Å². The van der Waals surface area contributed by atoms with Crippen molar-refractivity contribution in [1.82, 2.24) is 0 Å². The van der Waals surface area contributed by atoms with Gasteiger partial charge in [-0.2, -0.15) is 0 Å². The van der Waals surface area contributed by atoms with E-state index in [1.54, 1.807) is 48.5 Å². The summed E-state index contributed by atoms with van der Waals surface area (Å²) >= 11 is 0. The van der Waals surface area contributed by atoms with Crippen molar-refractivity contribution in [3.63, 3.8) is 0 Å². The molecular formula is C26H26O6. The molecule has 0 aliphatic heterocycles. The first-order valence-corrected chi connectivity index (χ1v) is 10.3. The second-order valence-corrected chi connectivity index (χ2v) is 7.63. The van der Waals surface area contributed by atoms with Gasteiger partial charge in [-0.25, -0.2) is 9.59 Å². The van der Waals surface area contributed by atoms with Gasteiger partial charge in [0.2, 0.25) is 5.75 Å². The summed E-state index contributed by atoms with van der Waals surface area (Å²) in [4.78, 5) is 24.6. The topological polar surface area (TPSA) is 86.0 Å². The molecule has 6 nitrogen and oxygen atoms in total. The van der Waals surface area contributed by atoms with Gasteiger partial charge in [-0.15, -0.1) is 0 Å². The van der Waals surface area contributed by atoms with Crippen LogP contribution in [-0.2, 0) is 0 Å². The Balaban J connectivity index is 1.89. The zero-order valence-corrected chi connectivity index (χ0v) is 18.4. The Kier molecular flexibility index (Phi) is 7.49. The van der Waals surface area contributed by atoms with Crippen LogP contribution in [0, 0.1) is 0 Å². The number of hydrogen-bond donors (Lipinski definition) is 1. The summed E-state index contributed by atoms with van der Waals surface area (Å²) in [6.45, 7) is 6.44. The number of benzene rings is 2. The number of ether oxygens (including phenoxy) is 2. The SMILES string of the molecule is CC(C)=CCC/C(C)=C/COc1cccc2oc(=O)c(O)c(OC(=O)c3ccccc3)c12. The van der Waals surface area contributed by atoms with Crippen molar-refractivity contribution in [2.24, 2.45) is 0 Å². The molecule has 0 aliphatic carbocycles. The highest BCUT2D eigenvalue weighted by Gasteiger charge is 2.22. The molecule has 1 heterocycles. The summed E-state index contributed by atoms with van der Waals surface area (Å²) < 4.78 is 16.5. The largest absolute Gasteiger partial charge is 0.499 e. The molecule has 0 atom stereocenters. The van der Waals surface area contributed by atoms with E-state index < -0.39 is 17.3 Å². The van der Waals surface area contributed by atoms with Gasteiger partial charge in [-0.05, 0) is 64.0 Å². The maximum absolute atomic E-state index is 12.6. The second kappa shape index (κ2) is 10.5. The van der Waals surface area contributed by atoms with Crippen molar-refractivity contribution in [3.8, 4) is 17.2 Å². The fourth-order valence-corrected chi connectivity index (χ4v) is 3.09. The molecule has 1 N–H and O–H groups in total. The molecular weight excluding hydrogens is 408 g/mol. The van der Waals surface area contributed by atoms with E-state index in [2.05, 4.69) is 19.9 Å². The first-order valence-electron chi connectivity index (χ1n) is 10.3. The van der Waals surface area contributed by atoms with Crippen LogP contribution in [0.25, 0.3) is 11.0 Å². The normalized spacial score (nSPS) is 11.3. The third-order valence-corrected chi connectivity index (χ3v) is 4.79. The Morgan fingerprint density at radius 2 is 1.78 bits per heavy atom. The Morgan fingerprint density at radius 1 is 1.03 bits per heavy atom. The zero-order chi connectivity index (χ0) is 23.1. The lowest BCUT2D eigenvalue weighted by Gasteiger charge is -2.12. The summed E-state index contributed by atoms with van der Waals surface area (Å²) in [6.07, 6.45) is 6.02. The van der Waals surface area contributed by atoms with Crippen LogP contribution < -0.4 is 15.1 Å². The van der Waals surface area contributed by atoms with Crippen molar-refractivity contribution in [2.75, 3.05) is 6.61 Å². The number of allylic oxidation sites excluding steroid dienone is 3. The second-order valence-electron chi connectivity index (χ2n) is 7.63. The third-order valence-electron chi connectivity index (χ3n) is 4.79. The standard InChI is InChI=1S/C26H26O6/c1-17(2)9-7-10-18(3)15-16-30-20-13-8-14-21-22(20)24(23(27)26(29)31-21)32-25(28)19-11-5-4-6-12-19/h4-6,8-9,11-15,27H,7,10,16H2,1-3H3/b18-15+. The van der Waals surface area contributed by atoms with Gasteiger partial charge < -0.3 is 19.0 Å². The van der Waals surface area contributed by atoms with Gasteiger partial charge in [0.05, 0.1) is 5.56 Å². The molecule has 0 bridgehead atoms. The summed E-state index contributed by atoms with van der Waals surface area (Å²) in [6, 6.07) is 13.2. The van der Waals surface area contributed by atoms with Gasteiger partial charge in [-0.1, -0.05) is 41.5 Å². The van der Waals surface area contributed by atoms with E-state index >= 15 is 0 Å². The summed E-state index contributed by atoms with van der Waals surface area (Å²) in [7, 11) is 0. The molecule has 2 aromatic carbocycles. The van der Waals surface area contributed by atoms with Gasteiger partial charge in [0.15, 0.2) is 5.75 Å². The molecule has 166 valence electrons. The number of carbonyl (C=O) groups is 1. The van der Waals surface area contributed by atoms with Crippen LogP contribution in [0.2, 0.25) is 0 Å². The van der Waals surface area contributed by atoms with E-state index in [4.69, 9.17) is 13.9 Å². The molecule has 0 fully saturated rings. The minimum atomic E-state index is -1.000. The average Bonchev–Trinajstić information content (AvgIpc) is 2.77. The first-order chi connectivity index (χ1) is 15.4. The Labute approximate surface area is 186 Å². The van der Waals surface area contributed by atoms with Gasteiger partial charge >= 0.3 is 11.6 Å². The lowest BCUT2D eigenvalue weighted by molar-refractivity contribution is 0.0731. The van der Waals surface area contributed by atoms with Gasteiger partial charge in [-0.3, -0.25) is 0 Å². The minimum absolute atomic E-state index is 0.144. The van der Waals surface area contributed by atoms with E-state index in [1.807, 2.05) is 13.0 Å². The summed E-state index contributed by atoms with van der Waals surface area (Å²) in [5, 5.41) is 10.5. The molecule has 1 aromatic heterocycles. The number of esters is 1. The van der Waals surface area contributed by atoms with Crippen molar-refractivity contribution in [3.05, 3.63) is 87.8 Å². The Bertz CT molecular complexity index is 1210. The first kappa shape index (κ1) is 22.9. The monoisotopic (exact) mass is 434 g/mol. The van der Waals surface area contributed by atoms with E-state index in [9.17, 15) is 14.7 Å². The molecule has 3 rings (SSSR count). The van der Waals surface area contributed by atoms with Crippen molar-refractivity contribution >= 4 is 16.9 Å². The van der Waals surface area contributed by atoms with Crippen LogP contribution >= 0.6 is 0 Å². The minimum Gasteiger partial charge on any atom is -0.499 e. The maximum Gasteiger partial charge on any atom is 0.382 e. The van der Waals surface area contributed by atoms with E-state index in [-0.39, 0.29) is 28.9 Å². The van der Waals surface area contributed by atoms with Crippen molar-refractivity contribution in [2.45, 2.75) is 33.6 Å². The molecule has 0 spiro atoms. The predicted octanol–water partition coefficient (Wildman–Crippen LogP) is 5.79. The number of hydrogen-bond acceptors (Lipinski definition) is 6. The predicted molar refractivity (Wildman–Crippen MR) is 123 cm³/mol. The van der Waals surface area contributed by atoms with E-state index in [0.717, 1.165) is 12.8 Å². The molecule has 0 amide bonds. The van der Waals surface area contributed by atoms with Crippen LogP contribution in [0.15, 0.2) is 81.0 Å². The maximum atomic E-state index is 12.6. The molecule has 0 saturated carbocycles. The molecule has 3 aromatic rings. The third kappa shape index (κ3) is 5.66. The quantitative estimate of drug-likeness (QED) is 0.274.